The van der Waals surface area contributed by atoms with Crippen LogP contribution >= 0.6 is 11.6 Å². The molecule has 0 saturated heterocycles. The van der Waals surface area contributed by atoms with Crippen LogP contribution in [0.3, 0.4) is 0 Å². The number of hydrogen-bond acceptors (Lipinski definition) is 7. The van der Waals surface area contributed by atoms with Gasteiger partial charge in [-0.1, -0.05) is 11.6 Å². The van der Waals surface area contributed by atoms with E-state index in [0.717, 1.165) is 16.8 Å². The van der Waals surface area contributed by atoms with Crippen molar-refractivity contribution in [3.63, 3.8) is 0 Å². The molecule has 0 atom stereocenters. The zero-order valence-electron chi connectivity index (χ0n) is 11.0. The van der Waals surface area contributed by atoms with Crippen LogP contribution in [0.2, 0.25) is 5.02 Å². The predicted octanol–water partition coefficient (Wildman–Crippen LogP) is 0.964. The molecule has 0 spiro atoms. The van der Waals surface area contributed by atoms with Crippen LogP contribution in [0.1, 0.15) is 0 Å². The highest BCUT2D eigenvalue weighted by molar-refractivity contribution is 7.90. The second kappa shape index (κ2) is 4.85. The van der Waals surface area contributed by atoms with Crippen LogP contribution in [-0.2, 0) is 9.84 Å². The summed E-state index contributed by atoms with van der Waals surface area (Å²) in [7, 11) is -3.65. The van der Waals surface area contributed by atoms with Crippen LogP contribution in [0.4, 0.5) is 10.3 Å². The molecular weight excluding hydrogens is 335 g/mol. The van der Waals surface area contributed by atoms with Crippen molar-refractivity contribution in [2.75, 3.05) is 12.0 Å². The summed E-state index contributed by atoms with van der Waals surface area (Å²) < 4.78 is 37.5. The lowest BCUT2D eigenvalue weighted by Gasteiger charge is -1.99. The van der Waals surface area contributed by atoms with E-state index in [1.807, 2.05) is 0 Å². The summed E-state index contributed by atoms with van der Waals surface area (Å²) >= 11 is 5.61. The van der Waals surface area contributed by atoms with E-state index in [9.17, 15) is 12.8 Å². The first-order chi connectivity index (χ1) is 10.3. The molecule has 2 heterocycles. The van der Waals surface area contributed by atoms with E-state index in [0.29, 0.717) is 5.56 Å². The highest BCUT2D eigenvalue weighted by Gasteiger charge is 2.18. The molecule has 0 amide bonds. The van der Waals surface area contributed by atoms with Gasteiger partial charge in [0.2, 0.25) is 15.8 Å². The summed E-state index contributed by atoms with van der Waals surface area (Å²) in [6, 6.07) is 4.02. The quantitative estimate of drug-likeness (QED) is 0.737. The maximum Gasteiger partial charge on any atom is 0.258 e. The summed E-state index contributed by atoms with van der Waals surface area (Å²) in [6.07, 6.45) is 0.949. The van der Waals surface area contributed by atoms with E-state index < -0.39 is 20.8 Å². The molecule has 0 radical (unpaired) electrons. The zero-order chi connectivity index (χ0) is 16.1. The maximum absolute atomic E-state index is 13.5. The third kappa shape index (κ3) is 2.46. The fraction of sp³-hybridized carbons (Fsp3) is 0.0909. The van der Waals surface area contributed by atoms with E-state index >= 15 is 0 Å². The van der Waals surface area contributed by atoms with Crippen molar-refractivity contribution in [1.82, 2.24) is 24.6 Å². The largest absolute Gasteiger partial charge is 0.368 e. The van der Waals surface area contributed by atoms with E-state index in [1.54, 1.807) is 0 Å². The molecule has 2 aromatic heterocycles. The number of anilines is 1. The highest BCUT2D eigenvalue weighted by Crippen LogP contribution is 2.22. The van der Waals surface area contributed by atoms with Gasteiger partial charge in [0.15, 0.2) is 5.82 Å². The van der Waals surface area contributed by atoms with Crippen molar-refractivity contribution in [1.29, 1.82) is 0 Å². The van der Waals surface area contributed by atoms with E-state index in [4.69, 9.17) is 17.3 Å². The van der Waals surface area contributed by atoms with Crippen molar-refractivity contribution >= 4 is 33.2 Å². The Labute approximate surface area is 128 Å². The second-order valence-corrected chi connectivity index (χ2v) is 6.73. The Morgan fingerprint density at radius 3 is 2.64 bits per heavy atom. The van der Waals surface area contributed by atoms with E-state index in [-0.39, 0.29) is 22.6 Å². The number of nitrogen functional groups attached to an aromatic ring is 1. The van der Waals surface area contributed by atoms with Gasteiger partial charge >= 0.3 is 0 Å². The minimum Gasteiger partial charge on any atom is -0.368 e. The Balaban J connectivity index is 2.21. The molecule has 8 nitrogen and oxygen atoms in total. The molecule has 0 unspecified atom stereocenters. The van der Waals surface area contributed by atoms with Crippen LogP contribution in [-0.4, -0.2) is 39.2 Å². The fourth-order valence-corrected chi connectivity index (χ4v) is 2.33. The normalized spacial score (nSPS) is 12.0. The van der Waals surface area contributed by atoms with Crippen LogP contribution in [0, 0.1) is 5.82 Å². The van der Waals surface area contributed by atoms with Crippen molar-refractivity contribution in [2.24, 2.45) is 0 Å². The highest BCUT2D eigenvalue weighted by atomic mass is 35.5. The number of aromatic nitrogens is 5. The Hall–Kier alpha value is -2.33. The Bertz CT molecular complexity index is 1000. The standard InChI is InChI=1S/C11H8ClFN6O2S/c1-22(20,21)11-16-9(14)19-10(17-11)15-8(18-19)5-2-3-6(12)7(13)4-5/h2-4H,1H3,(H2,14,15,16,17,18). The first-order valence-corrected chi connectivity index (χ1v) is 8.08. The molecule has 114 valence electrons. The van der Waals surface area contributed by atoms with Gasteiger partial charge in [-0.2, -0.15) is 19.5 Å². The van der Waals surface area contributed by atoms with Gasteiger partial charge in [0.1, 0.15) is 5.82 Å². The van der Waals surface area contributed by atoms with Gasteiger partial charge in [0.05, 0.1) is 5.02 Å². The third-order valence-corrected chi connectivity index (χ3v) is 3.87. The molecule has 0 fully saturated rings. The molecule has 0 aliphatic carbocycles. The molecule has 0 aliphatic rings. The number of rotatable bonds is 2. The van der Waals surface area contributed by atoms with Gasteiger partial charge in [-0.25, -0.2) is 12.8 Å². The topological polar surface area (TPSA) is 116 Å². The Morgan fingerprint density at radius 1 is 1.27 bits per heavy atom. The van der Waals surface area contributed by atoms with Gasteiger partial charge in [-0.3, -0.25) is 0 Å². The summed E-state index contributed by atoms with van der Waals surface area (Å²) in [5.41, 5.74) is 5.99. The fourth-order valence-electron chi connectivity index (χ4n) is 1.71. The third-order valence-electron chi connectivity index (χ3n) is 2.72. The molecule has 2 N–H and O–H groups in total. The number of fused-ring (bicyclic) bond motifs is 1. The molecule has 3 rings (SSSR count). The second-order valence-electron chi connectivity index (χ2n) is 4.41. The molecule has 0 saturated carbocycles. The van der Waals surface area contributed by atoms with Gasteiger partial charge in [-0.15, -0.1) is 5.10 Å². The number of hydrogen-bond donors (Lipinski definition) is 1. The minimum absolute atomic E-state index is 0.0359. The molecule has 1 aromatic carbocycles. The van der Waals surface area contributed by atoms with Crippen molar-refractivity contribution in [3.05, 3.63) is 29.0 Å². The molecule has 0 aliphatic heterocycles. The average molecular weight is 343 g/mol. The molecule has 11 heteroatoms. The van der Waals surface area contributed by atoms with Crippen molar-refractivity contribution < 1.29 is 12.8 Å². The Kier molecular flexibility index (Phi) is 3.22. The summed E-state index contributed by atoms with van der Waals surface area (Å²) in [5.74, 6) is -0.770. The van der Waals surface area contributed by atoms with Crippen molar-refractivity contribution in [3.8, 4) is 11.4 Å². The first-order valence-electron chi connectivity index (χ1n) is 5.81. The predicted molar refractivity (Wildman–Crippen MR) is 76.5 cm³/mol. The van der Waals surface area contributed by atoms with Crippen LogP contribution < -0.4 is 5.73 Å². The number of benzene rings is 1. The zero-order valence-corrected chi connectivity index (χ0v) is 12.6. The molecule has 3 aromatic rings. The lowest BCUT2D eigenvalue weighted by Crippen LogP contribution is -2.11. The summed E-state index contributed by atoms with van der Waals surface area (Å²) in [4.78, 5) is 11.5. The summed E-state index contributed by atoms with van der Waals surface area (Å²) in [5, 5.41) is 3.53. The van der Waals surface area contributed by atoms with Crippen LogP contribution in [0.15, 0.2) is 23.4 Å². The minimum atomic E-state index is -3.65. The first kappa shape index (κ1) is 14.6. The Morgan fingerprint density at radius 2 is 2.00 bits per heavy atom. The van der Waals surface area contributed by atoms with Gasteiger partial charge in [-0.05, 0) is 18.2 Å². The molecule has 0 bridgehead atoms. The van der Waals surface area contributed by atoms with Crippen LogP contribution in [0.25, 0.3) is 17.2 Å². The van der Waals surface area contributed by atoms with Crippen molar-refractivity contribution in [2.45, 2.75) is 5.16 Å². The number of nitrogens with two attached hydrogens (primary N) is 1. The average Bonchev–Trinajstić information content (AvgIpc) is 2.85. The van der Waals surface area contributed by atoms with Gasteiger partial charge in [0.25, 0.3) is 10.9 Å². The van der Waals surface area contributed by atoms with Gasteiger partial charge in [0, 0.05) is 11.8 Å². The van der Waals surface area contributed by atoms with Gasteiger partial charge < -0.3 is 5.73 Å². The summed E-state index contributed by atoms with van der Waals surface area (Å²) in [6.45, 7) is 0. The van der Waals surface area contributed by atoms with Crippen LogP contribution in [0.5, 0.6) is 0 Å². The number of sulfone groups is 1. The number of halogens is 2. The number of nitrogens with zero attached hydrogens (tertiary/aromatic N) is 5. The van der Waals surface area contributed by atoms with E-state index in [1.165, 1.54) is 12.1 Å². The monoisotopic (exact) mass is 342 g/mol. The lowest BCUT2D eigenvalue weighted by molar-refractivity contribution is 0.592. The SMILES string of the molecule is CS(=O)(=O)c1nc(N)n2nc(-c3ccc(Cl)c(F)c3)nc2n1. The smallest absolute Gasteiger partial charge is 0.258 e. The van der Waals surface area contributed by atoms with E-state index in [2.05, 4.69) is 20.1 Å². The lowest BCUT2D eigenvalue weighted by atomic mass is 10.2. The maximum atomic E-state index is 13.5. The molecular formula is C11H8ClFN6O2S. The molecule has 22 heavy (non-hydrogen) atoms.